The maximum atomic E-state index is 12.5. The fourth-order valence-corrected chi connectivity index (χ4v) is 2.92. The number of ether oxygens (including phenoxy) is 1. The number of amides is 1. The van der Waals surface area contributed by atoms with E-state index in [0.29, 0.717) is 11.3 Å². The van der Waals surface area contributed by atoms with Gasteiger partial charge in [0.1, 0.15) is 11.8 Å². The molecule has 0 fully saturated rings. The van der Waals surface area contributed by atoms with Crippen LogP contribution < -0.4 is 10.1 Å². The van der Waals surface area contributed by atoms with Crippen LogP contribution in [-0.2, 0) is 13.0 Å². The van der Waals surface area contributed by atoms with E-state index in [9.17, 15) is 4.79 Å². The summed E-state index contributed by atoms with van der Waals surface area (Å²) in [5.41, 5.74) is 3.89. The molecule has 0 bridgehead atoms. The molecule has 0 saturated carbocycles. The Morgan fingerprint density at radius 2 is 2.12 bits per heavy atom. The molecule has 0 saturated heterocycles. The molecule has 0 aromatic heterocycles. The highest BCUT2D eigenvalue weighted by Gasteiger charge is 2.14. The van der Waals surface area contributed by atoms with E-state index in [2.05, 4.69) is 23.3 Å². The van der Waals surface area contributed by atoms with E-state index in [0.717, 1.165) is 25.2 Å². The molecule has 2 aromatic rings. The fraction of sp³-hybridized carbons (Fsp3) is 0.300. The Bertz CT molecular complexity index is 826. The summed E-state index contributed by atoms with van der Waals surface area (Å²) in [5.74, 6) is 0.313. The fourth-order valence-electron chi connectivity index (χ4n) is 2.92. The lowest BCUT2D eigenvalue weighted by molar-refractivity contribution is 0.102. The van der Waals surface area contributed by atoms with E-state index in [4.69, 9.17) is 10.00 Å². The molecule has 5 nitrogen and oxygen atoms in total. The molecule has 1 heterocycles. The lowest BCUT2D eigenvalue weighted by Gasteiger charge is -2.25. The zero-order chi connectivity index (χ0) is 17.8. The van der Waals surface area contributed by atoms with Crippen molar-refractivity contribution in [3.63, 3.8) is 0 Å². The number of carbonyl (C=O) groups is 1. The predicted octanol–water partition coefficient (Wildman–Crippen LogP) is 3.22. The quantitative estimate of drug-likeness (QED) is 0.932. The second-order valence-electron chi connectivity index (χ2n) is 6.34. The summed E-state index contributed by atoms with van der Waals surface area (Å²) in [6, 6.07) is 14.9. The van der Waals surface area contributed by atoms with Crippen molar-refractivity contribution in [3.8, 4) is 11.8 Å². The number of benzene rings is 2. The Balaban J connectivity index is 1.73. The molecule has 0 radical (unpaired) electrons. The molecule has 3 rings (SSSR count). The Labute approximate surface area is 147 Å². The van der Waals surface area contributed by atoms with Crippen molar-refractivity contribution in [2.24, 2.45) is 0 Å². The van der Waals surface area contributed by atoms with Gasteiger partial charge in [0.05, 0.1) is 0 Å². The summed E-state index contributed by atoms with van der Waals surface area (Å²) in [6.07, 6.45) is 0.479. The van der Waals surface area contributed by atoms with Gasteiger partial charge in [0.25, 0.3) is 5.91 Å². The van der Waals surface area contributed by atoms with Crippen LogP contribution in [0.15, 0.2) is 42.5 Å². The SMILES string of the molecule is CC(C#N)Oc1cccc(C(=O)Nc2ccc3c(c2)CN(C)CC3)c1. The molecule has 1 aliphatic heterocycles. The monoisotopic (exact) mass is 335 g/mol. The number of hydrogen-bond donors (Lipinski definition) is 1. The first kappa shape index (κ1) is 17.0. The van der Waals surface area contributed by atoms with Gasteiger partial charge >= 0.3 is 0 Å². The Morgan fingerprint density at radius 1 is 1.28 bits per heavy atom. The average Bonchev–Trinajstić information content (AvgIpc) is 2.61. The highest BCUT2D eigenvalue weighted by molar-refractivity contribution is 6.04. The lowest BCUT2D eigenvalue weighted by Crippen LogP contribution is -2.26. The molecule has 25 heavy (non-hydrogen) atoms. The van der Waals surface area contributed by atoms with Crippen molar-refractivity contribution in [2.75, 3.05) is 18.9 Å². The zero-order valence-electron chi connectivity index (χ0n) is 14.5. The molecule has 5 heteroatoms. The van der Waals surface area contributed by atoms with Gasteiger partial charge in [-0.3, -0.25) is 4.79 Å². The van der Waals surface area contributed by atoms with Crippen molar-refractivity contribution in [2.45, 2.75) is 26.0 Å². The van der Waals surface area contributed by atoms with E-state index < -0.39 is 6.10 Å². The van der Waals surface area contributed by atoms with Crippen LogP contribution in [0.4, 0.5) is 5.69 Å². The molecular weight excluding hydrogens is 314 g/mol. The predicted molar refractivity (Wildman–Crippen MR) is 96.6 cm³/mol. The minimum atomic E-state index is -0.559. The van der Waals surface area contributed by atoms with E-state index in [1.807, 2.05) is 18.2 Å². The largest absolute Gasteiger partial charge is 0.476 e. The van der Waals surface area contributed by atoms with Crippen molar-refractivity contribution in [1.29, 1.82) is 5.26 Å². The summed E-state index contributed by atoms with van der Waals surface area (Å²) in [6.45, 7) is 3.62. The number of nitrogens with one attached hydrogen (secondary N) is 1. The van der Waals surface area contributed by atoms with Crippen LogP contribution in [0.1, 0.15) is 28.4 Å². The number of anilines is 1. The normalized spacial score (nSPS) is 14.9. The highest BCUT2D eigenvalue weighted by atomic mass is 16.5. The number of carbonyl (C=O) groups excluding carboxylic acids is 1. The maximum Gasteiger partial charge on any atom is 0.255 e. The highest BCUT2D eigenvalue weighted by Crippen LogP contribution is 2.23. The minimum absolute atomic E-state index is 0.195. The van der Waals surface area contributed by atoms with E-state index in [1.165, 1.54) is 11.1 Å². The summed E-state index contributed by atoms with van der Waals surface area (Å²) < 4.78 is 5.44. The van der Waals surface area contributed by atoms with Crippen LogP contribution in [0.25, 0.3) is 0 Å². The van der Waals surface area contributed by atoms with Gasteiger partial charge in [-0.25, -0.2) is 0 Å². The number of fused-ring (bicyclic) bond motifs is 1. The number of likely N-dealkylation sites (N-methyl/N-ethyl adjacent to an activating group) is 1. The molecule has 1 unspecified atom stereocenters. The molecule has 1 N–H and O–H groups in total. The van der Waals surface area contributed by atoms with Crippen LogP contribution in [0.2, 0.25) is 0 Å². The van der Waals surface area contributed by atoms with Crippen LogP contribution >= 0.6 is 0 Å². The van der Waals surface area contributed by atoms with Crippen molar-refractivity contribution < 1.29 is 9.53 Å². The summed E-state index contributed by atoms with van der Waals surface area (Å²) in [5, 5.41) is 11.8. The van der Waals surface area contributed by atoms with Crippen LogP contribution in [-0.4, -0.2) is 30.5 Å². The third kappa shape index (κ3) is 4.17. The number of nitriles is 1. The third-order valence-corrected chi connectivity index (χ3v) is 4.26. The van der Waals surface area contributed by atoms with Crippen LogP contribution in [0.3, 0.4) is 0 Å². The van der Waals surface area contributed by atoms with Crippen LogP contribution in [0.5, 0.6) is 5.75 Å². The van der Waals surface area contributed by atoms with Gasteiger partial charge in [0.15, 0.2) is 6.10 Å². The molecule has 2 aromatic carbocycles. The second kappa shape index (κ2) is 7.37. The smallest absolute Gasteiger partial charge is 0.255 e. The first-order valence-electron chi connectivity index (χ1n) is 8.33. The van der Waals surface area contributed by atoms with Gasteiger partial charge in [0.2, 0.25) is 0 Å². The first-order valence-corrected chi connectivity index (χ1v) is 8.33. The van der Waals surface area contributed by atoms with Gasteiger partial charge in [-0.05, 0) is 61.9 Å². The third-order valence-electron chi connectivity index (χ3n) is 4.26. The van der Waals surface area contributed by atoms with Gasteiger partial charge in [-0.15, -0.1) is 0 Å². The minimum Gasteiger partial charge on any atom is -0.476 e. The van der Waals surface area contributed by atoms with Crippen molar-refractivity contribution in [3.05, 3.63) is 59.2 Å². The first-order chi connectivity index (χ1) is 12.0. The molecule has 128 valence electrons. The summed E-state index contributed by atoms with van der Waals surface area (Å²) >= 11 is 0. The van der Waals surface area contributed by atoms with Gasteiger partial charge in [0, 0.05) is 24.3 Å². The molecule has 1 amide bonds. The van der Waals surface area contributed by atoms with Gasteiger partial charge in [-0.2, -0.15) is 5.26 Å². The summed E-state index contributed by atoms with van der Waals surface area (Å²) in [4.78, 5) is 14.8. The van der Waals surface area contributed by atoms with Crippen molar-refractivity contribution in [1.82, 2.24) is 4.90 Å². The Hall–Kier alpha value is -2.84. The number of rotatable bonds is 4. The maximum absolute atomic E-state index is 12.5. The lowest BCUT2D eigenvalue weighted by atomic mass is 9.99. The Kier molecular flexibility index (Phi) is 5.01. The standard InChI is InChI=1S/C20H21N3O2/c1-14(12-21)25-19-5-3-4-16(11-19)20(24)22-18-7-6-15-8-9-23(2)13-17(15)10-18/h3-7,10-11,14H,8-9,13H2,1-2H3,(H,22,24). The molecule has 0 spiro atoms. The van der Waals surface area contributed by atoms with Gasteiger partial charge < -0.3 is 15.0 Å². The zero-order valence-corrected chi connectivity index (χ0v) is 14.5. The Morgan fingerprint density at radius 3 is 2.92 bits per heavy atom. The van der Waals surface area contributed by atoms with Gasteiger partial charge in [-0.1, -0.05) is 12.1 Å². The van der Waals surface area contributed by atoms with E-state index >= 15 is 0 Å². The molecule has 1 atom stereocenters. The second-order valence-corrected chi connectivity index (χ2v) is 6.34. The molecular formula is C20H21N3O2. The average molecular weight is 335 g/mol. The van der Waals surface area contributed by atoms with Crippen LogP contribution in [0, 0.1) is 11.3 Å². The van der Waals surface area contributed by atoms with Crippen molar-refractivity contribution >= 4 is 11.6 Å². The number of hydrogen-bond acceptors (Lipinski definition) is 4. The molecule has 1 aliphatic rings. The van der Waals surface area contributed by atoms with E-state index in [1.54, 1.807) is 31.2 Å². The molecule has 0 aliphatic carbocycles. The summed E-state index contributed by atoms with van der Waals surface area (Å²) in [7, 11) is 2.10. The number of nitrogens with zero attached hydrogens (tertiary/aromatic N) is 2. The topological polar surface area (TPSA) is 65.4 Å². The van der Waals surface area contributed by atoms with E-state index in [-0.39, 0.29) is 5.91 Å².